The smallest absolute Gasteiger partial charge is 0.508 e. The molecule has 5 aromatic carbocycles. The summed E-state index contributed by atoms with van der Waals surface area (Å²) < 4.78 is 73.6. The maximum Gasteiger partial charge on any atom is 0.530 e. The van der Waals surface area contributed by atoms with E-state index >= 15 is 0 Å². The van der Waals surface area contributed by atoms with Crippen LogP contribution in [0.1, 0.15) is 107 Å². The third-order valence-corrected chi connectivity index (χ3v) is 21.5. The minimum atomic E-state index is -4.01. The van der Waals surface area contributed by atoms with Crippen LogP contribution in [0.2, 0.25) is 10.0 Å². The minimum Gasteiger partial charge on any atom is -0.508 e. The van der Waals surface area contributed by atoms with Gasteiger partial charge in [0.25, 0.3) is 16.8 Å². The number of hydrogen-bond donors (Lipinski definition) is 3. The van der Waals surface area contributed by atoms with Gasteiger partial charge in [0.15, 0.2) is 11.2 Å². The number of esters is 2. The van der Waals surface area contributed by atoms with Crippen molar-refractivity contribution in [2.24, 2.45) is 0 Å². The number of phenolic OH excluding ortho intramolecular Hbond substituents is 1. The Labute approximate surface area is 593 Å². The molecule has 0 amide bonds. The number of ether oxygens (including phenoxy) is 2. The SMILES string of the molecule is CC[C@]1(O)C(=O)OCc2c1cc1n(c2=O)Cc2cc3c(CN(C)C)c(O)ccc3nc2-1.CC[C@]1(O)C(=O)OCc2c1cc1n(c2=O)Cc2cc3c(CN(C)C)c(OP4(=O)OCCC(c5cccc(Cl)c5)O4)ccc3nc2-1.Cl.O=[N+]([O-])c1ccc(OP2(=O)OCCC(c3cccc(Cl)c3)O2)cc1. The van der Waals surface area contributed by atoms with Crippen LogP contribution in [-0.4, -0.2) is 102 Å². The van der Waals surface area contributed by atoms with E-state index in [4.69, 9.17) is 69.8 Å². The fourth-order valence-corrected chi connectivity index (χ4v) is 16.3. The van der Waals surface area contributed by atoms with Gasteiger partial charge in [0.2, 0.25) is 0 Å². The molecule has 0 bridgehead atoms. The Hall–Kier alpha value is -8.43. The van der Waals surface area contributed by atoms with Crippen molar-refractivity contribution < 1.29 is 75.6 Å². The lowest BCUT2D eigenvalue weighted by Gasteiger charge is -2.31. The Bertz CT molecular complexity index is 5080. The van der Waals surface area contributed by atoms with Gasteiger partial charge in [-0.1, -0.05) is 61.3 Å². The molecule has 4 aromatic heterocycles. The molecule has 101 heavy (non-hydrogen) atoms. The lowest BCUT2D eigenvalue weighted by Crippen LogP contribution is -2.44. The van der Waals surface area contributed by atoms with Crippen LogP contribution in [0.4, 0.5) is 5.69 Å². The van der Waals surface area contributed by atoms with Crippen LogP contribution < -0.4 is 20.2 Å². The number of halogens is 3. The van der Waals surface area contributed by atoms with E-state index in [2.05, 4.69) is 0 Å². The predicted octanol–water partition coefficient (Wildman–Crippen LogP) is 12.6. The summed E-state index contributed by atoms with van der Waals surface area (Å²) in [4.78, 5) is 75.4. The molecule has 0 aliphatic carbocycles. The summed E-state index contributed by atoms with van der Waals surface area (Å²) in [6.07, 6.45) is 0.181. The van der Waals surface area contributed by atoms with Gasteiger partial charge in [-0.05, 0) is 137 Å². The second-order valence-corrected chi connectivity index (χ2v) is 29.2. The number of phosphoric acid groups is 2. The number of phosphoric ester groups is 2. The normalized spacial score (nSPS) is 22.2. The Balaban J connectivity index is 0.000000151. The second-order valence-electron chi connectivity index (χ2n) is 25.3. The number of rotatable bonds is 13. The molecule has 2 fully saturated rings. The van der Waals surface area contributed by atoms with Gasteiger partial charge in [-0.15, -0.1) is 12.4 Å². The van der Waals surface area contributed by atoms with Gasteiger partial charge in [-0.2, -0.15) is 0 Å². The summed E-state index contributed by atoms with van der Waals surface area (Å²) in [6.45, 7) is 4.93. The van der Waals surface area contributed by atoms with Crippen LogP contribution in [-0.2, 0) is 96.9 Å². The van der Waals surface area contributed by atoms with E-state index in [0.29, 0.717) is 93.2 Å². The molecule has 528 valence electrons. The first-order valence-electron chi connectivity index (χ1n) is 31.9. The highest BCUT2D eigenvalue weighted by Crippen LogP contribution is 2.59. The summed E-state index contributed by atoms with van der Waals surface area (Å²) in [5.41, 5.74) is 5.02. The molecule has 6 aliphatic rings. The standard InChI is InChI=1S/C32H31ClN3O8P.C23H23N3O5.C15H13ClNO6P.ClH/c1-4-32(39)24-14-26-29-19(15-36(26)30(37)23(24)17-41-31(32)38)13-21-22(16-35(2)3)28(9-8-25(21)34-29)44-45(40)42-11-10-27(43-45)18-6-5-7-20(33)12-18;1-4-23(30)16-8-18-20-12(9-26(18)21(28)15(16)11-31-22(23)29)7-13-14(10-25(2)3)19(27)6-5-17(13)24-20;16-12-3-1-2-11(10-12)15-8-9-21-24(20,23-15)22-14-6-4-13(5-7-14)17(18)19;/h5-9,12-14,27,39H,4,10-11,15-17H2,1-3H3;5-8,27,30H,4,9-11H2,1-3H3;1-7,10,15H,8-9H2;1H/t27?,32-,45?;23-;;/m11../s1. The zero-order chi connectivity index (χ0) is 70.9. The Morgan fingerprint density at radius 2 is 1.09 bits per heavy atom. The van der Waals surface area contributed by atoms with Crippen molar-refractivity contribution in [3.8, 4) is 40.0 Å². The molecular formula is C70H68Cl3N7O19P2. The predicted molar refractivity (Wildman–Crippen MR) is 374 cm³/mol. The van der Waals surface area contributed by atoms with Crippen LogP contribution in [0, 0.1) is 10.1 Å². The molecule has 6 aliphatic heterocycles. The second kappa shape index (κ2) is 28.4. The molecule has 6 atom stereocenters. The van der Waals surface area contributed by atoms with Gasteiger partial charge in [-0.25, -0.2) is 28.7 Å². The number of pyridine rings is 4. The van der Waals surface area contributed by atoms with Crippen LogP contribution in [0.5, 0.6) is 17.2 Å². The highest BCUT2D eigenvalue weighted by atomic mass is 35.5. The summed E-state index contributed by atoms with van der Waals surface area (Å²) in [5, 5.41) is 45.8. The Morgan fingerprint density at radius 3 is 1.54 bits per heavy atom. The largest absolute Gasteiger partial charge is 0.530 e. The number of benzene rings is 5. The van der Waals surface area contributed by atoms with Gasteiger partial charge in [0.1, 0.15) is 30.5 Å². The first-order chi connectivity index (χ1) is 47.7. The average Bonchev–Trinajstić information content (AvgIpc) is 1.63. The van der Waals surface area contributed by atoms with Crippen LogP contribution >= 0.6 is 51.3 Å². The van der Waals surface area contributed by atoms with Crippen LogP contribution in [0.15, 0.2) is 131 Å². The summed E-state index contributed by atoms with van der Waals surface area (Å²) in [6, 6.07) is 33.6. The lowest BCUT2D eigenvalue weighted by atomic mass is 9.86. The molecule has 0 saturated carbocycles. The van der Waals surface area contributed by atoms with Crippen molar-refractivity contribution in [3.63, 3.8) is 0 Å². The monoisotopic (exact) mass is 1480 g/mol. The van der Waals surface area contributed by atoms with Crippen molar-refractivity contribution >= 4 is 90.7 Å². The number of aromatic hydroxyl groups is 1. The van der Waals surface area contributed by atoms with Gasteiger partial charge in [-0.3, -0.25) is 37.8 Å². The highest BCUT2D eigenvalue weighted by molar-refractivity contribution is 7.49. The summed E-state index contributed by atoms with van der Waals surface area (Å²) in [5.74, 6) is -0.804. The molecule has 10 heterocycles. The van der Waals surface area contributed by atoms with E-state index in [1.54, 1.807) is 89.7 Å². The number of nitrogens with zero attached hydrogens (tertiary/aromatic N) is 7. The molecule has 15 rings (SSSR count). The quantitative estimate of drug-likeness (QED) is 0.0418. The molecule has 0 spiro atoms. The van der Waals surface area contributed by atoms with Gasteiger partial charge < -0.3 is 52.8 Å². The van der Waals surface area contributed by atoms with E-state index in [0.717, 1.165) is 44.2 Å². The number of carbonyl (C=O) groups is 2. The maximum atomic E-state index is 13.8. The number of fused-ring (bicyclic) bond motifs is 10. The summed E-state index contributed by atoms with van der Waals surface area (Å²) >= 11 is 12.1. The summed E-state index contributed by atoms with van der Waals surface area (Å²) in [7, 11) is -0.164. The van der Waals surface area contributed by atoms with Crippen molar-refractivity contribution in [1.29, 1.82) is 0 Å². The molecule has 31 heteroatoms. The number of hydrogen-bond acceptors (Lipinski definition) is 23. The molecule has 4 unspecified atom stereocenters. The lowest BCUT2D eigenvalue weighted by molar-refractivity contribution is -0.384. The zero-order valence-electron chi connectivity index (χ0n) is 55.2. The Morgan fingerprint density at radius 1 is 0.634 bits per heavy atom. The van der Waals surface area contributed by atoms with E-state index in [-0.39, 0.29) is 97.7 Å². The fourth-order valence-electron chi connectivity index (χ4n) is 13.1. The number of phenols is 1. The number of cyclic esters (lactones) is 2. The number of nitro benzene ring substituents is 1. The third kappa shape index (κ3) is 13.9. The molecule has 2 saturated heterocycles. The molecule has 0 radical (unpaired) electrons. The van der Waals surface area contributed by atoms with Crippen LogP contribution in [0.3, 0.4) is 0 Å². The van der Waals surface area contributed by atoms with E-state index in [9.17, 15) is 53.7 Å². The molecule has 3 N–H and O–H groups in total. The first kappa shape index (κ1) is 72.4. The number of non-ortho nitro benzene ring substituents is 1. The number of aliphatic hydroxyl groups is 2. The van der Waals surface area contributed by atoms with Crippen molar-refractivity contribution in [2.75, 3.05) is 41.4 Å². The zero-order valence-corrected chi connectivity index (χ0v) is 59.4. The molecular weight excluding hydrogens is 1410 g/mol. The third-order valence-electron chi connectivity index (χ3n) is 18.2. The Kier molecular flexibility index (Phi) is 20.4. The molecule has 26 nitrogen and oxygen atoms in total. The van der Waals surface area contributed by atoms with Crippen molar-refractivity contribution in [3.05, 3.63) is 218 Å². The van der Waals surface area contributed by atoms with Gasteiger partial charge in [0, 0.05) is 92.3 Å². The topological polar surface area (TPSA) is 322 Å². The number of aromatic nitrogens is 4. The minimum absolute atomic E-state index is 0. The van der Waals surface area contributed by atoms with Crippen LogP contribution in [0.25, 0.3) is 44.6 Å². The fraction of sp³-hybridized carbons (Fsp3) is 0.314. The van der Waals surface area contributed by atoms with E-state index < -0.39 is 55.9 Å². The number of carbonyl (C=O) groups excluding carboxylic acids is 2. The van der Waals surface area contributed by atoms with Crippen molar-refractivity contribution in [1.82, 2.24) is 28.9 Å². The van der Waals surface area contributed by atoms with E-state index in [1.807, 2.05) is 68.3 Å². The maximum absolute atomic E-state index is 13.8. The average molecular weight is 1480 g/mol. The van der Waals surface area contributed by atoms with Gasteiger partial charge >= 0.3 is 27.6 Å². The number of nitro groups is 1. The van der Waals surface area contributed by atoms with E-state index in [1.165, 1.54) is 24.3 Å². The van der Waals surface area contributed by atoms with Gasteiger partial charge in [0.05, 0.1) is 88.4 Å². The first-order valence-corrected chi connectivity index (χ1v) is 35.6. The highest BCUT2D eigenvalue weighted by Gasteiger charge is 2.48. The van der Waals surface area contributed by atoms with Crippen molar-refractivity contribution in [2.45, 2.75) is 102 Å². The molecule has 9 aromatic rings.